The van der Waals surface area contributed by atoms with Crippen LogP contribution < -0.4 is 5.32 Å². The number of nitrogens with one attached hydrogen (secondary N) is 1. The number of rotatable bonds is 5. The predicted molar refractivity (Wildman–Crippen MR) is 122 cm³/mol. The first-order valence-electron chi connectivity index (χ1n) is 10.0. The number of nitrogens with zero attached hydrogens (tertiary/aromatic N) is 6. The summed E-state index contributed by atoms with van der Waals surface area (Å²) in [7, 11) is 0. The van der Waals surface area contributed by atoms with Gasteiger partial charge in [-0.3, -0.25) is 4.79 Å². The number of anilines is 1. The van der Waals surface area contributed by atoms with Gasteiger partial charge in [-0.1, -0.05) is 23.7 Å². The third-order valence-electron chi connectivity index (χ3n) is 4.99. The first-order valence-corrected chi connectivity index (χ1v) is 10.4. The van der Waals surface area contributed by atoms with Crippen molar-refractivity contribution in [2.45, 2.75) is 13.3 Å². The van der Waals surface area contributed by atoms with Gasteiger partial charge in [-0.05, 0) is 48.9 Å². The van der Waals surface area contributed by atoms with E-state index >= 15 is 0 Å². The number of fused-ring (bicyclic) bond motifs is 1. The Hall–Kier alpha value is -4.11. The largest absolute Gasteiger partial charge is 0.310 e. The molecule has 2 aromatic carbocycles. The lowest BCUT2D eigenvalue weighted by Gasteiger charge is -2.09. The van der Waals surface area contributed by atoms with Gasteiger partial charge in [-0.2, -0.15) is 14.9 Å². The molecule has 0 unspecified atom stereocenters. The molecule has 1 N–H and O–H groups in total. The molecule has 0 saturated heterocycles. The molecule has 1 amide bonds. The summed E-state index contributed by atoms with van der Waals surface area (Å²) in [4.78, 5) is 21.4. The molecule has 3 heterocycles. The summed E-state index contributed by atoms with van der Waals surface area (Å²) < 4.78 is 16.5. The molecule has 0 radical (unpaired) electrons. The van der Waals surface area contributed by atoms with Gasteiger partial charge in [0.15, 0.2) is 11.5 Å². The number of benzene rings is 2. The molecule has 0 fully saturated rings. The van der Waals surface area contributed by atoms with Gasteiger partial charge in [-0.15, -0.1) is 0 Å². The summed E-state index contributed by atoms with van der Waals surface area (Å²) in [6.45, 7) is 1.83. The lowest BCUT2D eigenvalue weighted by atomic mass is 10.1. The van der Waals surface area contributed by atoms with Gasteiger partial charge in [0.1, 0.15) is 18.0 Å². The van der Waals surface area contributed by atoms with Crippen LogP contribution in [-0.2, 0) is 11.2 Å². The van der Waals surface area contributed by atoms with Crippen LogP contribution in [0.3, 0.4) is 0 Å². The van der Waals surface area contributed by atoms with Crippen molar-refractivity contribution in [3.63, 3.8) is 0 Å². The van der Waals surface area contributed by atoms with Crippen molar-refractivity contribution in [2.24, 2.45) is 0 Å². The number of carbonyl (C=O) groups is 1. The van der Waals surface area contributed by atoms with Crippen LogP contribution in [0.15, 0.2) is 67.1 Å². The molecule has 8 nitrogen and oxygen atoms in total. The second-order valence-corrected chi connectivity index (χ2v) is 7.84. The molecule has 3 aromatic heterocycles. The van der Waals surface area contributed by atoms with E-state index in [2.05, 4.69) is 25.5 Å². The lowest BCUT2D eigenvalue weighted by Crippen LogP contribution is -2.17. The Bertz CT molecular complexity index is 1460. The van der Waals surface area contributed by atoms with Gasteiger partial charge < -0.3 is 5.32 Å². The van der Waals surface area contributed by atoms with E-state index in [0.29, 0.717) is 39.1 Å². The Morgan fingerprint density at radius 2 is 1.82 bits per heavy atom. The molecule has 0 saturated carbocycles. The molecule has 0 aliphatic carbocycles. The molecule has 10 heteroatoms. The van der Waals surface area contributed by atoms with E-state index in [0.717, 1.165) is 5.56 Å². The van der Waals surface area contributed by atoms with Crippen molar-refractivity contribution < 1.29 is 9.18 Å². The molecule has 0 atom stereocenters. The Morgan fingerprint density at radius 3 is 2.58 bits per heavy atom. The third-order valence-corrected chi connectivity index (χ3v) is 5.25. The Kier molecular flexibility index (Phi) is 5.31. The predicted octanol–water partition coefficient (Wildman–Crippen LogP) is 4.28. The summed E-state index contributed by atoms with van der Waals surface area (Å²) in [5.74, 6) is 0.395. The molecular weight excluding hydrogens is 445 g/mol. The number of hydrogen-bond donors (Lipinski definition) is 1. The van der Waals surface area contributed by atoms with Crippen LogP contribution in [0.4, 0.5) is 10.2 Å². The Labute approximate surface area is 192 Å². The molecular formula is C23H17ClFN7O. The zero-order valence-electron chi connectivity index (χ0n) is 17.4. The number of aromatic nitrogens is 6. The third kappa shape index (κ3) is 4.18. The fraction of sp³-hybridized carbons (Fsp3) is 0.0870. The van der Waals surface area contributed by atoms with Crippen molar-refractivity contribution in [3.8, 4) is 11.5 Å². The van der Waals surface area contributed by atoms with Crippen molar-refractivity contribution in [2.75, 3.05) is 5.32 Å². The van der Waals surface area contributed by atoms with E-state index in [1.165, 1.54) is 18.5 Å². The van der Waals surface area contributed by atoms with Crippen LogP contribution in [-0.4, -0.2) is 35.4 Å². The fourth-order valence-corrected chi connectivity index (χ4v) is 3.62. The highest BCUT2D eigenvalue weighted by Crippen LogP contribution is 2.24. The van der Waals surface area contributed by atoms with Crippen molar-refractivity contribution in [1.82, 2.24) is 29.5 Å². The SMILES string of the molecule is Cc1cc(NC(=O)Cc2ccc(Cl)cc2)n(-c2ncnc3c2cnn3-c2ccc(F)cc2)n1. The second-order valence-electron chi connectivity index (χ2n) is 7.40. The van der Waals surface area contributed by atoms with Crippen LogP contribution in [0.5, 0.6) is 0 Å². The molecule has 164 valence electrons. The Balaban J connectivity index is 1.49. The molecule has 0 bridgehead atoms. The highest BCUT2D eigenvalue weighted by atomic mass is 35.5. The molecule has 5 rings (SSSR count). The molecule has 0 aliphatic heterocycles. The standard InChI is InChI=1S/C23H17ClFN7O/c1-14-10-20(29-21(33)11-15-2-4-16(24)5-3-15)32(30-14)23-19-12-28-31(22(19)26-13-27-23)18-8-6-17(25)7-9-18/h2-10,12-13H,11H2,1H3,(H,29,33). The van der Waals surface area contributed by atoms with Crippen molar-refractivity contribution in [3.05, 3.63) is 89.2 Å². The zero-order chi connectivity index (χ0) is 22.9. The van der Waals surface area contributed by atoms with Gasteiger partial charge in [-0.25, -0.2) is 19.0 Å². The minimum atomic E-state index is -0.337. The van der Waals surface area contributed by atoms with Crippen LogP contribution in [0, 0.1) is 12.7 Å². The minimum absolute atomic E-state index is 0.184. The van der Waals surface area contributed by atoms with Gasteiger partial charge in [0, 0.05) is 11.1 Å². The van der Waals surface area contributed by atoms with Gasteiger partial charge in [0.25, 0.3) is 0 Å². The first kappa shape index (κ1) is 20.8. The fourth-order valence-electron chi connectivity index (χ4n) is 3.50. The quantitative estimate of drug-likeness (QED) is 0.422. The smallest absolute Gasteiger partial charge is 0.229 e. The van der Waals surface area contributed by atoms with Crippen LogP contribution in [0.2, 0.25) is 5.02 Å². The summed E-state index contributed by atoms with van der Waals surface area (Å²) in [5, 5.41) is 13.0. The highest BCUT2D eigenvalue weighted by Gasteiger charge is 2.18. The number of halogens is 2. The molecule has 5 aromatic rings. The van der Waals surface area contributed by atoms with E-state index in [-0.39, 0.29) is 18.1 Å². The van der Waals surface area contributed by atoms with Crippen molar-refractivity contribution in [1.29, 1.82) is 0 Å². The van der Waals surface area contributed by atoms with Gasteiger partial charge in [0.05, 0.1) is 29.4 Å². The maximum atomic E-state index is 13.3. The van der Waals surface area contributed by atoms with E-state index in [9.17, 15) is 9.18 Å². The average molecular weight is 462 g/mol. The summed E-state index contributed by atoms with van der Waals surface area (Å²) in [5.41, 5.74) is 2.72. The normalized spacial score (nSPS) is 11.1. The van der Waals surface area contributed by atoms with Gasteiger partial charge in [0.2, 0.25) is 5.91 Å². The van der Waals surface area contributed by atoms with E-state index in [1.54, 1.807) is 45.9 Å². The number of aryl methyl sites for hydroxylation is 1. The molecule has 0 spiro atoms. The van der Waals surface area contributed by atoms with Crippen LogP contribution >= 0.6 is 11.6 Å². The molecule has 33 heavy (non-hydrogen) atoms. The van der Waals surface area contributed by atoms with Crippen LogP contribution in [0.25, 0.3) is 22.5 Å². The maximum absolute atomic E-state index is 13.3. The lowest BCUT2D eigenvalue weighted by molar-refractivity contribution is -0.115. The number of amides is 1. The first-order chi connectivity index (χ1) is 16.0. The van der Waals surface area contributed by atoms with E-state index < -0.39 is 0 Å². The number of carbonyl (C=O) groups excluding carboxylic acids is 1. The number of hydrogen-bond acceptors (Lipinski definition) is 5. The van der Waals surface area contributed by atoms with Crippen molar-refractivity contribution >= 4 is 34.4 Å². The summed E-state index contributed by atoms with van der Waals surface area (Å²) in [6, 6.07) is 14.8. The monoisotopic (exact) mass is 461 g/mol. The maximum Gasteiger partial charge on any atom is 0.229 e. The van der Waals surface area contributed by atoms with Crippen LogP contribution in [0.1, 0.15) is 11.3 Å². The second kappa shape index (κ2) is 8.44. The summed E-state index contributed by atoms with van der Waals surface area (Å²) >= 11 is 5.92. The van der Waals surface area contributed by atoms with Gasteiger partial charge >= 0.3 is 0 Å². The summed E-state index contributed by atoms with van der Waals surface area (Å²) in [6.07, 6.45) is 3.20. The highest BCUT2D eigenvalue weighted by molar-refractivity contribution is 6.30. The Morgan fingerprint density at radius 1 is 1.06 bits per heavy atom. The van der Waals surface area contributed by atoms with E-state index in [4.69, 9.17) is 11.6 Å². The minimum Gasteiger partial charge on any atom is -0.310 e. The zero-order valence-corrected chi connectivity index (χ0v) is 18.2. The average Bonchev–Trinajstić information content (AvgIpc) is 3.39. The molecule has 0 aliphatic rings. The topological polar surface area (TPSA) is 90.5 Å². The van der Waals surface area contributed by atoms with E-state index in [1.807, 2.05) is 19.1 Å².